The summed E-state index contributed by atoms with van der Waals surface area (Å²) in [6.45, 7) is 3.25. The van der Waals surface area contributed by atoms with Crippen LogP contribution in [0, 0.1) is 11.8 Å². The molecule has 10 nitrogen and oxygen atoms in total. The maximum atomic E-state index is 14.1. The summed E-state index contributed by atoms with van der Waals surface area (Å²) in [6.07, 6.45) is 0.203. The van der Waals surface area contributed by atoms with E-state index in [1.54, 1.807) is 20.2 Å². The Hall–Kier alpha value is -3.95. The van der Waals surface area contributed by atoms with Crippen molar-refractivity contribution < 1.29 is 43.7 Å². The van der Waals surface area contributed by atoms with E-state index in [0.717, 1.165) is 26.5 Å². The van der Waals surface area contributed by atoms with E-state index < -0.39 is 58.1 Å². The molecule has 1 saturated carbocycles. The zero-order valence-corrected chi connectivity index (χ0v) is 20.6. The van der Waals surface area contributed by atoms with Crippen LogP contribution in [0.15, 0.2) is 29.0 Å². The number of aromatic hydroxyl groups is 1. The molecule has 190 valence electrons. The number of ether oxygens (including phenoxy) is 2. The molecule has 0 bridgehead atoms. The van der Waals surface area contributed by atoms with E-state index in [1.165, 1.54) is 6.07 Å². The maximum Gasteiger partial charge on any atom is 0.307 e. The number of Topliss-reactive ketones (excluding diaryl/α,β-unsaturated/α-hetero) is 3. The zero-order valence-electron chi connectivity index (χ0n) is 20.6. The number of carbonyl (C=O) groups is 5. The molecule has 3 aliphatic carbocycles. The summed E-state index contributed by atoms with van der Waals surface area (Å²) in [5.41, 5.74) is -1.63. The number of anilines is 1. The van der Waals surface area contributed by atoms with Gasteiger partial charge in [-0.15, -0.1) is 0 Å². The molecular formula is C26H27NO9. The first-order valence-corrected chi connectivity index (χ1v) is 11.5. The molecule has 0 amide bonds. The number of ketones is 3. The van der Waals surface area contributed by atoms with Crippen molar-refractivity contribution in [1.82, 2.24) is 0 Å². The minimum absolute atomic E-state index is 0.0726. The SMILES string of the molecule is CC(=O)OC1=C(C(C)=O)C(=O)[C@@]2(OC(C)=O)C(=O)C3=C(O)c4c(O)ccc(N(C)C)c4C[C@H]3C[C@H]2C1. The second kappa shape index (κ2) is 8.61. The molecule has 36 heavy (non-hydrogen) atoms. The first-order chi connectivity index (χ1) is 16.8. The van der Waals surface area contributed by atoms with Crippen molar-refractivity contribution in [2.75, 3.05) is 19.0 Å². The van der Waals surface area contributed by atoms with Gasteiger partial charge in [0.25, 0.3) is 0 Å². The van der Waals surface area contributed by atoms with Gasteiger partial charge in [0.15, 0.2) is 5.78 Å². The number of aliphatic hydroxyl groups is 1. The van der Waals surface area contributed by atoms with Gasteiger partial charge >= 0.3 is 11.9 Å². The van der Waals surface area contributed by atoms with Crippen LogP contribution < -0.4 is 4.90 Å². The predicted molar refractivity (Wildman–Crippen MR) is 126 cm³/mol. The molecule has 0 radical (unpaired) electrons. The summed E-state index contributed by atoms with van der Waals surface area (Å²) in [5, 5.41) is 21.8. The third-order valence-electron chi connectivity index (χ3n) is 7.02. The summed E-state index contributed by atoms with van der Waals surface area (Å²) in [5.74, 6) is -6.87. The number of phenols is 1. The third-order valence-corrected chi connectivity index (χ3v) is 7.02. The van der Waals surface area contributed by atoms with E-state index >= 15 is 0 Å². The van der Waals surface area contributed by atoms with Crippen LogP contribution in [-0.2, 0) is 39.9 Å². The number of benzene rings is 1. The lowest BCUT2D eigenvalue weighted by Crippen LogP contribution is -2.63. The topological polar surface area (TPSA) is 148 Å². The van der Waals surface area contributed by atoms with Crippen LogP contribution in [-0.4, -0.2) is 59.2 Å². The van der Waals surface area contributed by atoms with Gasteiger partial charge in [-0.2, -0.15) is 0 Å². The molecule has 10 heteroatoms. The minimum atomic E-state index is -2.40. The summed E-state index contributed by atoms with van der Waals surface area (Å²) >= 11 is 0. The number of esters is 2. The fraction of sp³-hybridized carbons (Fsp3) is 0.423. The van der Waals surface area contributed by atoms with Gasteiger partial charge in [0.2, 0.25) is 17.2 Å². The fourth-order valence-electron chi connectivity index (χ4n) is 5.76. The summed E-state index contributed by atoms with van der Waals surface area (Å²) in [7, 11) is 3.61. The van der Waals surface area contributed by atoms with Gasteiger partial charge in [0, 0.05) is 51.5 Å². The van der Waals surface area contributed by atoms with Gasteiger partial charge in [0.05, 0.1) is 5.56 Å². The molecule has 1 aromatic carbocycles. The van der Waals surface area contributed by atoms with Crippen molar-refractivity contribution in [3.63, 3.8) is 0 Å². The van der Waals surface area contributed by atoms with E-state index in [2.05, 4.69) is 0 Å². The van der Waals surface area contributed by atoms with Crippen LogP contribution in [0.2, 0.25) is 0 Å². The summed E-state index contributed by atoms with van der Waals surface area (Å²) in [6, 6.07) is 3.10. The van der Waals surface area contributed by atoms with Crippen LogP contribution in [0.4, 0.5) is 5.69 Å². The number of fused-ring (bicyclic) bond motifs is 3. The standard InChI is InChI=1S/C26H27NO9/c1-11(28)20-19(35-12(2)29)10-15-8-14-9-16-17(27(4)5)6-7-18(31)22(16)23(32)21(14)25(34)26(15,24(20)33)36-13(3)30/h6-7,14-15,31-32H,8-10H2,1-5H3/t14-,15+,26-/m1/s1. The van der Waals surface area contributed by atoms with Crippen molar-refractivity contribution in [2.24, 2.45) is 11.8 Å². The highest BCUT2D eigenvalue weighted by Crippen LogP contribution is 2.54. The quantitative estimate of drug-likeness (QED) is 0.360. The Morgan fingerprint density at radius 1 is 1.00 bits per heavy atom. The minimum Gasteiger partial charge on any atom is -0.507 e. The van der Waals surface area contributed by atoms with Gasteiger partial charge in [-0.25, -0.2) is 0 Å². The highest BCUT2D eigenvalue weighted by Gasteiger charge is 2.65. The highest BCUT2D eigenvalue weighted by atomic mass is 16.6. The normalized spacial score (nSPS) is 25.0. The van der Waals surface area contributed by atoms with Crippen LogP contribution in [0.25, 0.3) is 5.76 Å². The number of aliphatic hydroxyl groups excluding tert-OH is 1. The molecule has 0 unspecified atom stereocenters. The Balaban J connectivity index is 1.97. The predicted octanol–water partition coefficient (Wildman–Crippen LogP) is 2.17. The van der Waals surface area contributed by atoms with Gasteiger partial charge in [-0.1, -0.05) is 0 Å². The lowest BCUT2D eigenvalue weighted by atomic mass is 9.58. The van der Waals surface area contributed by atoms with Crippen molar-refractivity contribution in [3.05, 3.63) is 40.2 Å². The van der Waals surface area contributed by atoms with E-state index in [9.17, 15) is 34.2 Å². The van der Waals surface area contributed by atoms with Crippen molar-refractivity contribution in [1.29, 1.82) is 0 Å². The van der Waals surface area contributed by atoms with E-state index in [4.69, 9.17) is 9.47 Å². The number of hydrogen-bond acceptors (Lipinski definition) is 10. The third kappa shape index (κ3) is 3.59. The molecule has 1 aromatic rings. The summed E-state index contributed by atoms with van der Waals surface area (Å²) < 4.78 is 10.6. The molecule has 0 aromatic heterocycles. The van der Waals surface area contributed by atoms with Crippen molar-refractivity contribution >= 4 is 40.7 Å². The number of carbonyl (C=O) groups excluding carboxylic acids is 5. The average molecular weight is 498 g/mol. The summed E-state index contributed by atoms with van der Waals surface area (Å²) in [4.78, 5) is 66.0. The molecule has 0 heterocycles. The Morgan fingerprint density at radius 2 is 1.67 bits per heavy atom. The Labute approximate surface area is 207 Å². The van der Waals surface area contributed by atoms with E-state index in [1.807, 2.05) is 4.90 Å². The van der Waals surface area contributed by atoms with Crippen molar-refractivity contribution in [2.45, 2.75) is 45.6 Å². The molecule has 3 aliphatic rings. The Kier molecular flexibility index (Phi) is 6.02. The largest absolute Gasteiger partial charge is 0.507 e. The first kappa shape index (κ1) is 25.2. The number of hydrogen-bond donors (Lipinski definition) is 2. The lowest BCUT2D eigenvalue weighted by molar-refractivity contribution is -0.180. The van der Waals surface area contributed by atoms with Gasteiger partial charge in [-0.05, 0) is 43.4 Å². The Morgan fingerprint density at radius 3 is 2.22 bits per heavy atom. The van der Waals surface area contributed by atoms with Crippen LogP contribution >= 0.6 is 0 Å². The smallest absolute Gasteiger partial charge is 0.307 e. The number of allylic oxidation sites excluding steroid dienone is 1. The van der Waals surface area contributed by atoms with E-state index in [0.29, 0.717) is 5.56 Å². The maximum absolute atomic E-state index is 14.1. The second-order valence-corrected chi connectivity index (χ2v) is 9.59. The van der Waals surface area contributed by atoms with Gasteiger partial charge in [0.1, 0.15) is 22.8 Å². The number of rotatable bonds is 4. The van der Waals surface area contributed by atoms with Crippen LogP contribution in [0.5, 0.6) is 5.75 Å². The molecule has 0 spiro atoms. The van der Waals surface area contributed by atoms with Gasteiger partial charge in [-0.3, -0.25) is 24.0 Å². The van der Waals surface area contributed by atoms with Crippen molar-refractivity contribution in [3.8, 4) is 5.75 Å². The molecule has 1 fully saturated rings. The zero-order chi connectivity index (χ0) is 26.7. The van der Waals surface area contributed by atoms with Crippen LogP contribution in [0.1, 0.15) is 44.7 Å². The molecular weight excluding hydrogens is 470 g/mol. The van der Waals surface area contributed by atoms with Gasteiger partial charge < -0.3 is 24.6 Å². The van der Waals surface area contributed by atoms with Crippen LogP contribution in [0.3, 0.4) is 0 Å². The molecule has 2 N–H and O–H groups in total. The molecule has 3 atom stereocenters. The fourth-order valence-corrected chi connectivity index (χ4v) is 5.76. The number of phenolic OH excluding ortho intramolecular Hbond substituents is 1. The Bertz CT molecular complexity index is 1300. The molecule has 0 aliphatic heterocycles. The molecule has 4 rings (SSSR count). The highest BCUT2D eigenvalue weighted by molar-refractivity contribution is 6.33. The van der Waals surface area contributed by atoms with E-state index in [-0.39, 0.29) is 41.9 Å². The first-order valence-electron chi connectivity index (χ1n) is 11.5. The molecule has 0 saturated heterocycles. The average Bonchev–Trinajstić information content (AvgIpc) is 2.74. The lowest BCUT2D eigenvalue weighted by Gasteiger charge is -2.47. The second-order valence-electron chi connectivity index (χ2n) is 9.59. The monoisotopic (exact) mass is 497 g/mol. The number of nitrogens with zero attached hydrogens (tertiary/aromatic N) is 1.